The molecule has 0 unspecified atom stereocenters. The monoisotopic (exact) mass is 613 g/mol. The Labute approximate surface area is 262 Å². The summed E-state index contributed by atoms with van der Waals surface area (Å²) in [6.07, 6.45) is 4.54. The zero-order valence-corrected chi connectivity index (χ0v) is 26.9. The number of hydrogen-bond donors (Lipinski definition) is 1. The lowest BCUT2D eigenvalue weighted by Gasteiger charge is -2.39. The van der Waals surface area contributed by atoms with E-state index in [2.05, 4.69) is 33.0 Å². The number of nitrogens with zero attached hydrogens (tertiary/aromatic N) is 6. The minimum absolute atomic E-state index is 0.180. The molecule has 0 spiro atoms. The first-order valence-electron chi connectivity index (χ1n) is 14.9. The first kappa shape index (κ1) is 30.0. The van der Waals surface area contributed by atoms with Crippen molar-refractivity contribution in [1.29, 1.82) is 0 Å². The van der Waals surface area contributed by atoms with Crippen molar-refractivity contribution in [2.45, 2.75) is 39.7 Å². The van der Waals surface area contributed by atoms with Crippen LogP contribution in [-0.4, -0.2) is 63.0 Å². The van der Waals surface area contributed by atoms with Crippen LogP contribution in [0.5, 0.6) is 0 Å². The number of para-hydroxylation sites is 1. The summed E-state index contributed by atoms with van der Waals surface area (Å²) in [5, 5.41) is 4.03. The van der Waals surface area contributed by atoms with Gasteiger partial charge in [0.25, 0.3) is 5.56 Å². The smallest absolute Gasteiger partial charge is 0.414 e. The van der Waals surface area contributed by atoms with E-state index in [0.717, 1.165) is 47.5 Å². The number of amides is 1. The largest absolute Gasteiger partial charge is 0.443 e. The quantitative estimate of drug-likeness (QED) is 0.262. The van der Waals surface area contributed by atoms with E-state index in [4.69, 9.17) is 9.72 Å². The molecule has 1 fully saturated rings. The van der Waals surface area contributed by atoms with Gasteiger partial charge < -0.3 is 15.0 Å². The van der Waals surface area contributed by atoms with E-state index in [-0.39, 0.29) is 5.56 Å². The molecule has 230 valence electrons. The lowest BCUT2D eigenvalue weighted by Crippen LogP contribution is -2.46. The number of benzene rings is 2. The molecular formula is C33H39N7O3S. The lowest BCUT2D eigenvalue weighted by atomic mass is 9.94. The predicted molar refractivity (Wildman–Crippen MR) is 179 cm³/mol. The Kier molecular flexibility index (Phi) is 8.02. The van der Waals surface area contributed by atoms with Gasteiger partial charge in [0.1, 0.15) is 16.9 Å². The maximum absolute atomic E-state index is 13.8. The minimum atomic E-state index is -0.616. The summed E-state index contributed by atoms with van der Waals surface area (Å²) >= 11 is 1.81. The predicted octanol–water partition coefficient (Wildman–Crippen LogP) is 6.03. The Hall–Kier alpha value is -4.09. The van der Waals surface area contributed by atoms with Crippen LogP contribution in [0.25, 0.3) is 11.0 Å². The van der Waals surface area contributed by atoms with Crippen LogP contribution in [0.4, 0.5) is 33.5 Å². The third kappa shape index (κ3) is 5.98. The second-order valence-electron chi connectivity index (χ2n) is 12.5. The Morgan fingerprint density at radius 3 is 2.55 bits per heavy atom. The van der Waals surface area contributed by atoms with Gasteiger partial charge in [-0.25, -0.2) is 9.78 Å². The number of carbonyl (C=O) groups is 1. The fourth-order valence-electron chi connectivity index (χ4n) is 5.87. The lowest BCUT2D eigenvalue weighted by molar-refractivity contribution is 0.0580. The van der Waals surface area contributed by atoms with Crippen molar-refractivity contribution in [1.82, 2.24) is 18.8 Å². The van der Waals surface area contributed by atoms with E-state index in [0.29, 0.717) is 36.3 Å². The van der Waals surface area contributed by atoms with Crippen molar-refractivity contribution >= 4 is 57.8 Å². The SMILES string of the molecule is CSN1CC(Cc2ccc(Nc3ncc4cc(N5CCN(C(=O)OC(C)(C)C)c6c(C)cccc65)c(=O)n(C)c4n3)cc2)C1. The van der Waals surface area contributed by atoms with Crippen molar-refractivity contribution in [2.75, 3.05) is 47.6 Å². The van der Waals surface area contributed by atoms with Crippen molar-refractivity contribution in [3.63, 3.8) is 0 Å². The van der Waals surface area contributed by atoms with Gasteiger partial charge in [0.2, 0.25) is 5.95 Å². The van der Waals surface area contributed by atoms with Gasteiger partial charge in [-0.3, -0.25) is 18.6 Å². The molecule has 0 aliphatic carbocycles. The van der Waals surface area contributed by atoms with Crippen LogP contribution in [0.2, 0.25) is 0 Å². The van der Waals surface area contributed by atoms with Crippen LogP contribution in [0.1, 0.15) is 31.9 Å². The third-order valence-corrected chi connectivity index (χ3v) is 8.89. The fraction of sp³-hybridized carbons (Fsp3) is 0.394. The van der Waals surface area contributed by atoms with Crippen LogP contribution in [-0.2, 0) is 18.2 Å². The molecule has 11 heteroatoms. The zero-order chi connectivity index (χ0) is 31.2. The number of carbonyl (C=O) groups excluding carboxylic acids is 1. The number of nitrogens with one attached hydrogen (secondary N) is 1. The van der Waals surface area contributed by atoms with E-state index >= 15 is 0 Å². The number of aromatic nitrogens is 3. The molecule has 44 heavy (non-hydrogen) atoms. The molecule has 1 amide bonds. The van der Waals surface area contributed by atoms with Gasteiger partial charge in [-0.2, -0.15) is 4.98 Å². The highest BCUT2D eigenvalue weighted by molar-refractivity contribution is 7.96. The van der Waals surface area contributed by atoms with Crippen molar-refractivity contribution < 1.29 is 9.53 Å². The standard InChI is InChI=1S/C33H39N7O3S/c1-21-8-7-9-26-28(21)40(32(42)43-33(2,3)4)15-14-39(26)27-17-24-18-34-31(36-29(24)37(5)30(27)41)35-25-12-10-22(11-13-25)16-23-19-38(20-23)44-6/h7-13,17-18,23H,14-16,19-20H2,1-6H3,(H,34,35,36). The van der Waals surface area contributed by atoms with E-state index in [1.54, 1.807) is 22.7 Å². The van der Waals surface area contributed by atoms with E-state index in [1.165, 1.54) is 5.56 Å². The zero-order valence-electron chi connectivity index (χ0n) is 26.1. The Bertz CT molecular complexity index is 1760. The van der Waals surface area contributed by atoms with Gasteiger partial charge in [-0.15, -0.1) is 0 Å². The summed E-state index contributed by atoms with van der Waals surface area (Å²) in [7, 11) is 1.73. The molecular weight excluding hydrogens is 574 g/mol. The highest BCUT2D eigenvalue weighted by Crippen LogP contribution is 2.40. The van der Waals surface area contributed by atoms with E-state index < -0.39 is 11.7 Å². The maximum atomic E-state index is 13.8. The highest BCUT2D eigenvalue weighted by atomic mass is 32.2. The fourth-order valence-corrected chi connectivity index (χ4v) is 6.58. The summed E-state index contributed by atoms with van der Waals surface area (Å²) in [4.78, 5) is 39.8. The second-order valence-corrected chi connectivity index (χ2v) is 13.4. The minimum Gasteiger partial charge on any atom is -0.443 e. The topological polar surface area (TPSA) is 95.8 Å². The van der Waals surface area contributed by atoms with Gasteiger partial charge in [-0.05, 0) is 81.7 Å². The van der Waals surface area contributed by atoms with Gasteiger partial charge in [-0.1, -0.05) is 36.2 Å². The van der Waals surface area contributed by atoms with E-state index in [1.807, 2.05) is 80.9 Å². The second kappa shape index (κ2) is 11.8. The van der Waals surface area contributed by atoms with Crippen LogP contribution < -0.4 is 20.7 Å². The third-order valence-electron chi connectivity index (χ3n) is 8.07. The number of fused-ring (bicyclic) bond motifs is 2. The van der Waals surface area contributed by atoms with Crippen molar-refractivity contribution in [3.05, 3.63) is 76.2 Å². The van der Waals surface area contributed by atoms with Crippen LogP contribution in [0.15, 0.2) is 59.5 Å². The molecule has 4 heterocycles. The maximum Gasteiger partial charge on any atom is 0.414 e. The van der Waals surface area contributed by atoms with Gasteiger partial charge >= 0.3 is 6.09 Å². The average Bonchev–Trinajstić information content (AvgIpc) is 2.96. The number of aryl methyl sites for hydroxylation is 2. The summed E-state index contributed by atoms with van der Waals surface area (Å²) in [6, 6.07) is 16.1. The molecule has 6 rings (SSSR count). The summed E-state index contributed by atoms with van der Waals surface area (Å²) in [5.74, 6) is 1.14. The molecule has 0 atom stereocenters. The van der Waals surface area contributed by atoms with Gasteiger partial charge in [0.05, 0.1) is 11.4 Å². The summed E-state index contributed by atoms with van der Waals surface area (Å²) in [6.45, 7) is 10.6. The molecule has 2 aliphatic heterocycles. The molecule has 0 radical (unpaired) electrons. The van der Waals surface area contributed by atoms with Crippen LogP contribution >= 0.6 is 11.9 Å². The van der Waals surface area contributed by atoms with Gasteiger partial charge in [0.15, 0.2) is 0 Å². The molecule has 10 nitrogen and oxygen atoms in total. The molecule has 1 N–H and O–H groups in total. The number of pyridine rings is 1. The van der Waals surface area contributed by atoms with Crippen LogP contribution in [0.3, 0.4) is 0 Å². The van der Waals surface area contributed by atoms with E-state index in [9.17, 15) is 9.59 Å². The number of ether oxygens (including phenoxy) is 1. The van der Waals surface area contributed by atoms with Crippen LogP contribution in [0, 0.1) is 12.8 Å². The first-order chi connectivity index (χ1) is 21.0. The van der Waals surface area contributed by atoms with Crippen molar-refractivity contribution in [3.8, 4) is 0 Å². The van der Waals surface area contributed by atoms with Gasteiger partial charge in [0, 0.05) is 50.5 Å². The molecule has 0 saturated carbocycles. The molecule has 0 bridgehead atoms. The number of rotatable bonds is 6. The number of anilines is 5. The molecule has 2 aromatic carbocycles. The Morgan fingerprint density at radius 2 is 1.84 bits per heavy atom. The average molecular weight is 614 g/mol. The Balaban J connectivity index is 1.25. The normalized spacial score (nSPS) is 15.7. The Morgan fingerprint density at radius 1 is 1.09 bits per heavy atom. The first-order valence-corrected chi connectivity index (χ1v) is 16.1. The van der Waals surface area contributed by atoms with Crippen molar-refractivity contribution in [2.24, 2.45) is 13.0 Å². The summed E-state index contributed by atoms with van der Waals surface area (Å²) < 4.78 is 9.64. The molecule has 1 saturated heterocycles. The molecule has 4 aromatic rings. The number of hydrogen-bond acceptors (Lipinski definition) is 9. The highest BCUT2D eigenvalue weighted by Gasteiger charge is 2.33. The summed E-state index contributed by atoms with van der Waals surface area (Å²) in [5.41, 5.74) is 4.90. The molecule has 2 aliphatic rings. The molecule has 2 aromatic heterocycles.